The van der Waals surface area contributed by atoms with Crippen molar-refractivity contribution in [3.63, 3.8) is 0 Å². The van der Waals surface area contributed by atoms with Gasteiger partial charge in [-0.05, 0) is 53.9 Å². The number of rotatable bonds is 9. The number of aromatic nitrogens is 2. The van der Waals surface area contributed by atoms with Crippen LogP contribution in [0.25, 0.3) is 5.65 Å². The number of pyridine rings is 1. The van der Waals surface area contributed by atoms with Crippen molar-refractivity contribution < 1.29 is 28.8 Å². The third kappa shape index (κ3) is 4.93. The number of nitrogens with one attached hydrogen (secondary N) is 1. The van der Waals surface area contributed by atoms with Crippen LogP contribution < -0.4 is 29.8 Å². The van der Waals surface area contributed by atoms with Gasteiger partial charge in [-0.3, -0.25) is 14.0 Å². The summed E-state index contributed by atoms with van der Waals surface area (Å²) in [4.78, 5) is 30.8. The third-order valence-corrected chi connectivity index (χ3v) is 6.47. The zero-order valence-corrected chi connectivity index (χ0v) is 21.0. The fourth-order valence-corrected chi connectivity index (χ4v) is 4.55. The van der Waals surface area contributed by atoms with E-state index in [1.165, 1.54) is 4.40 Å². The Morgan fingerprint density at radius 1 is 1.08 bits per heavy atom. The van der Waals surface area contributed by atoms with Gasteiger partial charge in [-0.2, -0.15) is 4.98 Å². The molecule has 38 heavy (non-hydrogen) atoms. The van der Waals surface area contributed by atoms with Crippen molar-refractivity contribution in [3.8, 4) is 28.9 Å². The third-order valence-electron chi connectivity index (χ3n) is 6.47. The van der Waals surface area contributed by atoms with Gasteiger partial charge >= 0.3 is 0 Å². The molecular weight excluding hydrogens is 490 g/mol. The van der Waals surface area contributed by atoms with Gasteiger partial charge in [-0.1, -0.05) is 18.2 Å². The van der Waals surface area contributed by atoms with Crippen molar-refractivity contribution in [2.24, 2.45) is 0 Å². The van der Waals surface area contributed by atoms with Crippen molar-refractivity contribution in [2.75, 3.05) is 27.6 Å². The van der Waals surface area contributed by atoms with Crippen LogP contribution in [0.1, 0.15) is 29.0 Å². The summed E-state index contributed by atoms with van der Waals surface area (Å²) in [5.41, 5.74) is 1.47. The van der Waals surface area contributed by atoms with Crippen LogP contribution in [0.4, 0.5) is 0 Å². The van der Waals surface area contributed by atoms with Gasteiger partial charge in [0.2, 0.25) is 18.6 Å². The zero-order chi connectivity index (χ0) is 26.6. The van der Waals surface area contributed by atoms with Crippen LogP contribution in [0.15, 0.2) is 65.6 Å². The first kappa shape index (κ1) is 24.9. The fraction of sp³-hybridized carbons (Fsp3) is 0.250. The Labute approximate surface area is 218 Å². The summed E-state index contributed by atoms with van der Waals surface area (Å²) in [5, 5.41) is 13.7. The molecule has 0 bridgehead atoms. The number of hydrogen-bond acceptors (Lipinski definition) is 8. The summed E-state index contributed by atoms with van der Waals surface area (Å²) in [6.45, 7) is 0.453. The minimum absolute atomic E-state index is 0.0302. The lowest BCUT2D eigenvalue weighted by Crippen LogP contribution is -2.30. The van der Waals surface area contributed by atoms with Gasteiger partial charge in [0.1, 0.15) is 5.65 Å². The van der Waals surface area contributed by atoms with Gasteiger partial charge in [-0.25, -0.2) is 0 Å². The second-order valence-electron chi connectivity index (χ2n) is 8.74. The van der Waals surface area contributed by atoms with Crippen molar-refractivity contribution in [1.82, 2.24) is 14.7 Å². The monoisotopic (exact) mass is 517 g/mol. The van der Waals surface area contributed by atoms with Crippen molar-refractivity contribution in [1.29, 1.82) is 0 Å². The summed E-state index contributed by atoms with van der Waals surface area (Å²) < 4.78 is 22.9. The predicted molar refractivity (Wildman–Crippen MR) is 138 cm³/mol. The molecule has 0 spiro atoms. The average molecular weight is 518 g/mol. The van der Waals surface area contributed by atoms with E-state index < -0.39 is 17.4 Å². The van der Waals surface area contributed by atoms with E-state index in [4.69, 9.17) is 18.9 Å². The molecule has 196 valence electrons. The number of amides is 1. The summed E-state index contributed by atoms with van der Waals surface area (Å²) in [6.07, 6.45) is 2.05. The number of ether oxygens (including phenoxy) is 4. The molecule has 10 nitrogen and oxygen atoms in total. The van der Waals surface area contributed by atoms with Crippen LogP contribution in [0.5, 0.6) is 28.9 Å². The number of methoxy groups -OCH3 is 2. The fourth-order valence-electron chi connectivity index (χ4n) is 4.55. The zero-order valence-electron chi connectivity index (χ0n) is 21.0. The van der Waals surface area contributed by atoms with Gasteiger partial charge in [0.25, 0.3) is 5.56 Å². The van der Waals surface area contributed by atoms with Gasteiger partial charge in [0.05, 0.1) is 19.8 Å². The molecule has 0 radical (unpaired) electrons. The maximum Gasteiger partial charge on any atom is 0.265 e. The van der Waals surface area contributed by atoms with Gasteiger partial charge in [-0.15, -0.1) is 0 Å². The largest absolute Gasteiger partial charge is 0.493 e. The first-order chi connectivity index (χ1) is 18.5. The molecule has 2 N–H and O–H groups in total. The number of benzene rings is 2. The Kier molecular flexibility index (Phi) is 7.03. The maximum absolute atomic E-state index is 13.4. The Balaban J connectivity index is 1.40. The molecule has 0 saturated carbocycles. The number of hydrogen-bond donors (Lipinski definition) is 2. The number of nitrogens with zero attached hydrogens (tertiary/aromatic N) is 2. The van der Waals surface area contributed by atoms with Crippen LogP contribution in [0, 0.1) is 0 Å². The molecule has 1 amide bonds. The first-order valence-corrected chi connectivity index (χ1v) is 12.1. The van der Waals surface area contributed by atoms with Crippen LogP contribution >= 0.6 is 0 Å². The molecule has 4 aromatic rings. The van der Waals surface area contributed by atoms with Crippen LogP contribution in [0.2, 0.25) is 0 Å². The van der Waals surface area contributed by atoms with E-state index in [1.807, 2.05) is 18.2 Å². The van der Waals surface area contributed by atoms with Crippen LogP contribution in [0.3, 0.4) is 0 Å². The molecule has 1 atom stereocenters. The Morgan fingerprint density at radius 2 is 1.89 bits per heavy atom. The number of carbonyl (C=O) groups excluding carboxylic acids is 1. The molecule has 10 heteroatoms. The molecule has 2 aromatic heterocycles. The lowest BCUT2D eigenvalue weighted by Gasteiger charge is -2.19. The summed E-state index contributed by atoms with van der Waals surface area (Å²) in [5.74, 6) is 0.842. The molecule has 5 rings (SSSR count). The van der Waals surface area contributed by atoms with E-state index in [0.717, 1.165) is 5.56 Å². The number of aromatic hydroxyl groups is 1. The highest BCUT2D eigenvalue weighted by atomic mass is 16.7. The number of fused-ring (bicyclic) bond motifs is 2. The van der Waals surface area contributed by atoms with Gasteiger partial charge < -0.3 is 29.4 Å². The Hall–Kier alpha value is -4.73. The number of carbonyl (C=O) groups is 1. The Morgan fingerprint density at radius 3 is 2.71 bits per heavy atom. The van der Waals surface area contributed by atoms with Crippen LogP contribution in [-0.4, -0.2) is 48.0 Å². The van der Waals surface area contributed by atoms with E-state index in [9.17, 15) is 14.7 Å². The summed E-state index contributed by atoms with van der Waals surface area (Å²) >= 11 is 0. The van der Waals surface area contributed by atoms with Crippen molar-refractivity contribution >= 4 is 11.6 Å². The van der Waals surface area contributed by atoms with Crippen molar-refractivity contribution in [3.05, 3.63) is 87.8 Å². The van der Waals surface area contributed by atoms with E-state index in [1.54, 1.807) is 56.8 Å². The first-order valence-electron chi connectivity index (χ1n) is 12.1. The highest BCUT2D eigenvalue weighted by Gasteiger charge is 2.28. The summed E-state index contributed by atoms with van der Waals surface area (Å²) in [6, 6.07) is 15.8. The summed E-state index contributed by atoms with van der Waals surface area (Å²) in [7, 11) is 3.14. The molecule has 3 heterocycles. The van der Waals surface area contributed by atoms with E-state index in [0.29, 0.717) is 47.2 Å². The lowest BCUT2D eigenvalue weighted by atomic mass is 9.89. The smallest absolute Gasteiger partial charge is 0.265 e. The highest BCUT2D eigenvalue weighted by molar-refractivity contribution is 5.78. The molecule has 0 aliphatic carbocycles. The maximum atomic E-state index is 13.4. The van der Waals surface area contributed by atoms with Crippen LogP contribution in [-0.2, 0) is 11.2 Å². The molecule has 2 aromatic carbocycles. The highest BCUT2D eigenvalue weighted by Crippen LogP contribution is 2.38. The van der Waals surface area contributed by atoms with Gasteiger partial charge in [0.15, 0.2) is 23.0 Å². The molecular formula is C28H27N3O7. The van der Waals surface area contributed by atoms with E-state index in [-0.39, 0.29) is 24.7 Å². The quantitative estimate of drug-likeness (QED) is 0.348. The normalized spacial score (nSPS) is 12.8. The second-order valence-corrected chi connectivity index (χ2v) is 8.74. The van der Waals surface area contributed by atoms with Gasteiger partial charge in [0, 0.05) is 25.1 Å². The molecule has 0 saturated heterocycles. The standard InChI is InChI=1S/C28H27N3O7/c1-35-20-8-6-17(13-22(20)36-2)10-11-29-25(32)15-19(18-7-9-21-23(14-18)38-16-37-21)26-27(33)30-24-5-3-4-12-31(24)28(26)34/h3-9,12-14,19,33H,10-11,15-16H2,1-2H3,(H,29,32). The Bertz CT molecular complexity index is 1550. The minimum atomic E-state index is -0.775. The topological polar surface area (TPSA) is 121 Å². The lowest BCUT2D eigenvalue weighted by molar-refractivity contribution is -0.121. The molecule has 1 aliphatic heterocycles. The molecule has 1 unspecified atom stereocenters. The predicted octanol–water partition coefficient (Wildman–Crippen LogP) is 3.03. The van der Waals surface area contributed by atoms with E-state index >= 15 is 0 Å². The van der Waals surface area contributed by atoms with Crippen molar-refractivity contribution in [2.45, 2.75) is 18.8 Å². The second kappa shape index (κ2) is 10.7. The molecule has 1 aliphatic rings. The minimum Gasteiger partial charge on any atom is -0.493 e. The average Bonchev–Trinajstić information content (AvgIpc) is 3.40. The van der Waals surface area contributed by atoms with E-state index in [2.05, 4.69) is 10.3 Å². The molecule has 0 fully saturated rings. The SMILES string of the molecule is COc1ccc(CCNC(=O)CC(c2ccc3c(c2)OCO3)c2c(O)nc3ccccn3c2=O)cc1OC.